The number of carbonyl (C=O) groups excluding carboxylic acids is 1. The molecule has 3 rings (SSSR count). The molecule has 27 heavy (non-hydrogen) atoms. The van der Waals surface area contributed by atoms with E-state index in [-0.39, 0.29) is 11.3 Å². The molecular weight excluding hydrogens is 336 g/mol. The number of benzene rings is 2. The summed E-state index contributed by atoms with van der Waals surface area (Å²) in [5.41, 5.74) is 4.65. The van der Waals surface area contributed by atoms with Gasteiger partial charge in [0.15, 0.2) is 0 Å². The zero-order chi connectivity index (χ0) is 19.3. The van der Waals surface area contributed by atoms with Gasteiger partial charge in [-0.1, -0.05) is 50.2 Å². The first-order valence-corrected chi connectivity index (χ1v) is 9.70. The monoisotopic (exact) mass is 366 g/mol. The molecule has 1 saturated heterocycles. The molecule has 0 atom stereocenters. The fourth-order valence-corrected chi connectivity index (χ4v) is 3.68. The van der Waals surface area contributed by atoms with Crippen LogP contribution in [-0.2, 0) is 21.4 Å². The fourth-order valence-electron chi connectivity index (χ4n) is 3.68. The van der Waals surface area contributed by atoms with Gasteiger partial charge < -0.3 is 15.0 Å². The average Bonchev–Trinajstić information content (AvgIpc) is 2.68. The molecule has 2 aromatic carbocycles. The van der Waals surface area contributed by atoms with Gasteiger partial charge in [0.2, 0.25) is 5.91 Å². The number of morpholine rings is 1. The lowest BCUT2D eigenvalue weighted by Gasteiger charge is -2.29. The van der Waals surface area contributed by atoms with Crippen LogP contribution in [0, 0.1) is 6.92 Å². The summed E-state index contributed by atoms with van der Waals surface area (Å²) in [6.07, 6.45) is 0.405. The Kier molecular flexibility index (Phi) is 6.17. The molecule has 4 heteroatoms. The quantitative estimate of drug-likeness (QED) is 0.851. The number of ether oxygens (including phenoxy) is 1. The lowest BCUT2D eigenvalue weighted by atomic mass is 9.82. The molecule has 1 amide bonds. The Morgan fingerprint density at radius 3 is 2.59 bits per heavy atom. The second-order valence-electron chi connectivity index (χ2n) is 7.92. The molecule has 0 aromatic heterocycles. The molecule has 1 aliphatic heterocycles. The van der Waals surface area contributed by atoms with E-state index in [1.807, 2.05) is 12.1 Å². The minimum Gasteiger partial charge on any atom is -0.378 e. The summed E-state index contributed by atoms with van der Waals surface area (Å²) in [6, 6.07) is 16.7. The Balaban J connectivity index is 1.58. The number of hydrogen-bond acceptors (Lipinski definition) is 3. The van der Waals surface area contributed by atoms with Crippen molar-refractivity contribution in [1.29, 1.82) is 0 Å². The standard InChI is InChI=1S/C23H30N2O2/c1-18-7-4-5-10-21(18)23(2,3)17-24-22(26)16-19-8-6-9-20(15-19)25-11-13-27-14-12-25/h4-10,15H,11-14,16-17H2,1-3H3,(H,24,26). The average molecular weight is 367 g/mol. The molecule has 144 valence electrons. The third-order valence-corrected chi connectivity index (χ3v) is 5.25. The molecule has 0 bridgehead atoms. The Morgan fingerprint density at radius 1 is 1.11 bits per heavy atom. The first-order chi connectivity index (χ1) is 13.0. The molecule has 4 nitrogen and oxygen atoms in total. The summed E-state index contributed by atoms with van der Waals surface area (Å²) in [7, 11) is 0. The van der Waals surface area contributed by atoms with Crippen LogP contribution in [0.25, 0.3) is 0 Å². The second-order valence-corrected chi connectivity index (χ2v) is 7.92. The van der Waals surface area contributed by atoms with Gasteiger partial charge in [0.25, 0.3) is 0 Å². The molecule has 0 aliphatic carbocycles. The van der Waals surface area contributed by atoms with Crippen molar-refractivity contribution in [3.05, 3.63) is 65.2 Å². The van der Waals surface area contributed by atoms with Crippen molar-refractivity contribution in [3.63, 3.8) is 0 Å². The number of nitrogens with one attached hydrogen (secondary N) is 1. The summed E-state index contributed by atoms with van der Waals surface area (Å²) < 4.78 is 5.42. The van der Waals surface area contributed by atoms with Crippen molar-refractivity contribution in [2.24, 2.45) is 0 Å². The van der Waals surface area contributed by atoms with Crippen LogP contribution in [0.15, 0.2) is 48.5 Å². The van der Waals surface area contributed by atoms with Gasteiger partial charge in [-0.25, -0.2) is 0 Å². The number of nitrogens with zero attached hydrogens (tertiary/aromatic N) is 1. The summed E-state index contributed by atoms with van der Waals surface area (Å²) in [4.78, 5) is 14.8. The highest BCUT2D eigenvalue weighted by Gasteiger charge is 2.23. The smallest absolute Gasteiger partial charge is 0.224 e. The van der Waals surface area contributed by atoms with Crippen molar-refractivity contribution >= 4 is 11.6 Å². The van der Waals surface area contributed by atoms with Crippen LogP contribution in [0.2, 0.25) is 0 Å². The van der Waals surface area contributed by atoms with E-state index in [0.29, 0.717) is 13.0 Å². The predicted molar refractivity (Wildman–Crippen MR) is 110 cm³/mol. The Bertz CT molecular complexity index is 779. The van der Waals surface area contributed by atoms with Crippen molar-refractivity contribution in [2.75, 3.05) is 37.7 Å². The molecule has 1 heterocycles. The van der Waals surface area contributed by atoms with E-state index in [1.165, 1.54) is 16.8 Å². The number of hydrogen-bond donors (Lipinski definition) is 1. The van der Waals surface area contributed by atoms with Gasteiger partial charge in [-0.05, 0) is 35.7 Å². The second kappa shape index (κ2) is 8.57. The van der Waals surface area contributed by atoms with Gasteiger partial charge in [-0.3, -0.25) is 4.79 Å². The van der Waals surface area contributed by atoms with Gasteiger partial charge >= 0.3 is 0 Å². The number of amides is 1. The van der Waals surface area contributed by atoms with E-state index in [2.05, 4.69) is 67.4 Å². The van der Waals surface area contributed by atoms with E-state index in [4.69, 9.17) is 4.74 Å². The summed E-state index contributed by atoms with van der Waals surface area (Å²) >= 11 is 0. The van der Waals surface area contributed by atoms with E-state index in [9.17, 15) is 4.79 Å². The zero-order valence-corrected chi connectivity index (χ0v) is 16.6. The number of anilines is 1. The maximum Gasteiger partial charge on any atom is 0.224 e. The normalized spacial score (nSPS) is 14.9. The Labute approximate surface area is 162 Å². The minimum absolute atomic E-state index is 0.0655. The first kappa shape index (κ1) is 19.4. The van der Waals surface area contributed by atoms with Crippen molar-refractivity contribution in [1.82, 2.24) is 5.32 Å². The van der Waals surface area contributed by atoms with E-state index >= 15 is 0 Å². The van der Waals surface area contributed by atoms with Crippen molar-refractivity contribution in [2.45, 2.75) is 32.6 Å². The largest absolute Gasteiger partial charge is 0.378 e. The number of aryl methyl sites for hydroxylation is 1. The van der Waals surface area contributed by atoms with Crippen LogP contribution in [-0.4, -0.2) is 38.8 Å². The number of carbonyl (C=O) groups is 1. The first-order valence-electron chi connectivity index (χ1n) is 9.70. The molecule has 2 aromatic rings. The van der Waals surface area contributed by atoms with Crippen LogP contribution < -0.4 is 10.2 Å². The van der Waals surface area contributed by atoms with Gasteiger partial charge in [-0.2, -0.15) is 0 Å². The van der Waals surface area contributed by atoms with Gasteiger partial charge in [0, 0.05) is 30.7 Å². The van der Waals surface area contributed by atoms with Gasteiger partial charge in [0.1, 0.15) is 0 Å². The SMILES string of the molecule is Cc1ccccc1C(C)(C)CNC(=O)Cc1cccc(N2CCOCC2)c1. The molecule has 0 saturated carbocycles. The molecule has 1 fully saturated rings. The number of rotatable bonds is 6. The highest BCUT2D eigenvalue weighted by atomic mass is 16.5. The topological polar surface area (TPSA) is 41.6 Å². The zero-order valence-electron chi connectivity index (χ0n) is 16.6. The Morgan fingerprint density at radius 2 is 1.85 bits per heavy atom. The van der Waals surface area contributed by atoms with Crippen LogP contribution in [0.5, 0.6) is 0 Å². The third-order valence-electron chi connectivity index (χ3n) is 5.25. The molecule has 0 unspecified atom stereocenters. The highest BCUT2D eigenvalue weighted by molar-refractivity contribution is 5.79. The van der Waals surface area contributed by atoms with Crippen molar-refractivity contribution < 1.29 is 9.53 Å². The molecule has 0 radical (unpaired) electrons. The molecular formula is C23H30N2O2. The maximum atomic E-state index is 12.5. The van der Waals surface area contributed by atoms with Gasteiger partial charge in [0.05, 0.1) is 19.6 Å². The molecule has 0 spiro atoms. The van der Waals surface area contributed by atoms with E-state index < -0.39 is 0 Å². The van der Waals surface area contributed by atoms with E-state index in [1.54, 1.807) is 0 Å². The highest BCUT2D eigenvalue weighted by Crippen LogP contribution is 2.25. The summed E-state index contributed by atoms with van der Waals surface area (Å²) in [5, 5.41) is 3.12. The van der Waals surface area contributed by atoms with Crippen LogP contribution in [0.4, 0.5) is 5.69 Å². The Hall–Kier alpha value is -2.33. The lowest BCUT2D eigenvalue weighted by molar-refractivity contribution is -0.120. The van der Waals surface area contributed by atoms with Crippen LogP contribution >= 0.6 is 0 Å². The minimum atomic E-state index is -0.101. The fraction of sp³-hybridized carbons (Fsp3) is 0.435. The van der Waals surface area contributed by atoms with Gasteiger partial charge in [-0.15, -0.1) is 0 Å². The van der Waals surface area contributed by atoms with E-state index in [0.717, 1.165) is 31.9 Å². The lowest BCUT2D eigenvalue weighted by Crippen LogP contribution is -2.38. The van der Waals surface area contributed by atoms with Crippen LogP contribution in [0.1, 0.15) is 30.5 Å². The third kappa shape index (κ3) is 5.10. The maximum absolute atomic E-state index is 12.5. The predicted octanol–water partition coefficient (Wildman–Crippen LogP) is 3.47. The summed E-state index contributed by atoms with van der Waals surface area (Å²) in [6.45, 7) is 10.4. The van der Waals surface area contributed by atoms with Crippen molar-refractivity contribution in [3.8, 4) is 0 Å². The molecule has 1 aliphatic rings. The summed E-state index contributed by atoms with van der Waals surface area (Å²) in [5.74, 6) is 0.0655. The van der Waals surface area contributed by atoms with Crippen LogP contribution in [0.3, 0.4) is 0 Å². The molecule has 1 N–H and O–H groups in total.